The predicted octanol–water partition coefficient (Wildman–Crippen LogP) is 1.95. The van der Waals surface area contributed by atoms with Crippen molar-refractivity contribution < 1.29 is 14.7 Å². The minimum atomic E-state index is -0.844. The molecule has 1 amide bonds. The summed E-state index contributed by atoms with van der Waals surface area (Å²) in [6.07, 6.45) is 2.22. The van der Waals surface area contributed by atoms with E-state index in [1.807, 2.05) is 30.3 Å². The second kappa shape index (κ2) is 5.21. The van der Waals surface area contributed by atoms with E-state index in [9.17, 15) is 9.59 Å². The zero-order chi connectivity index (χ0) is 13.0. The fourth-order valence-electron chi connectivity index (χ4n) is 2.24. The maximum absolute atomic E-state index is 11.8. The van der Waals surface area contributed by atoms with E-state index < -0.39 is 11.4 Å². The molecular formula is C14H17NO3. The zero-order valence-corrected chi connectivity index (χ0v) is 10.2. The Morgan fingerprint density at radius 1 is 1.22 bits per heavy atom. The fraction of sp³-hybridized carbons (Fsp3) is 0.429. The lowest BCUT2D eigenvalue weighted by atomic mass is 9.66. The molecule has 0 atom stereocenters. The first-order valence-corrected chi connectivity index (χ1v) is 6.16. The van der Waals surface area contributed by atoms with Crippen LogP contribution in [0.3, 0.4) is 0 Å². The second-order valence-corrected chi connectivity index (χ2v) is 4.88. The number of benzene rings is 1. The molecule has 0 aliphatic heterocycles. The average molecular weight is 247 g/mol. The maximum Gasteiger partial charge on any atom is 0.310 e. The Kier molecular flexibility index (Phi) is 3.65. The topological polar surface area (TPSA) is 66.4 Å². The van der Waals surface area contributed by atoms with Gasteiger partial charge in [0.2, 0.25) is 5.91 Å². The van der Waals surface area contributed by atoms with Crippen LogP contribution in [0.2, 0.25) is 0 Å². The molecule has 0 unspecified atom stereocenters. The van der Waals surface area contributed by atoms with Crippen molar-refractivity contribution in [3.63, 3.8) is 0 Å². The summed E-state index contributed by atoms with van der Waals surface area (Å²) in [7, 11) is 0. The number of carbonyl (C=O) groups is 2. The van der Waals surface area contributed by atoms with Gasteiger partial charge in [-0.25, -0.2) is 0 Å². The maximum atomic E-state index is 11.8. The van der Waals surface area contributed by atoms with Crippen molar-refractivity contribution in [3.8, 4) is 0 Å². The molecule has 1 aliphatic rings. The SMILES string of the molecule is O=C(CC1(C(=O)O)CCC1)NCc1ccccc1. The van der Waals surface area contributed by atoms with Gasteiger partial charge in [-0.2, -0.15) is 0 Å². The minimum Gasteiger partial charge on any atom is -0.481 e. The largest absolute Gasteiger partial charge is 0.481 e. The summed E-state index contributed by atoms with van der Waals surface area (Å²) in [6.45, 7) is 0.454. The number of hydrogen-bond donors (Lipinski definition) is 2. The van der Waals surface area contributed by atoms with Gasteiger partial charge in [-0.05, 0) is 18.4 Å². The number of carboxylic acids is 1. The summed E-state index contributed by atoms with van der Waals surface area (Å²) in [5, 5.41) is 11.9. The van der Waals surface area contributed by atoms with Crippen molar-refractivity contribution in [1.29, 1.82) is 0 Å². The standard InChI is InChI=1S/C14H17NO3/c16-12(9-14(13(17)18)7-4-8-14)15-10-11-5-2-1-3-6-11/h1-3,5-6H,4,7-10H2,(H,15,16)(H,17,18). The zero-order valence-electron chi connectivity index (χ0n) is 10.2. The fourth-order valence-corrected chi connectivity index (χ4v) is 2.24. The highest BCUT2D eigenvalue weighted by atomic mass is 16.4. The molecule has 4 heteroatoms. The molecule has 2 rings (SSSR count). The van der Waals surface area contributed by atoms with Gasteiger partial charge in [0.15, 0.2) is 0 Å². The minimum absolute atomic E-state index is 0.0924. The Morgan fingerprint density at radius 2 is 1.89 bits per heavy atom. The van der Waals surface area contributed by atoms with E-state index in [1.165, 1.54) is 0 Å². The van der Waals surface area contributed by atoms with Gasteiger partial charge in [-0.15, -0.1) is 0 Å². The van der Waals surface area contributed by atoms with E-state index in [-0.39, 0.29) is 12.3 Å². The molecule has 18 heavy (non-hydrogen) atoms. The molecule has 4 nitrogen and oxygen atoms in total. The van der Waals surface area contributed by atoms with Gasteiger partial charge in [0.1, 0.15) is 0 Å². The van der Waals surface area contributed by atoms with E-state index in [0.29, 0.717) is 19.4 Å². The lowest BCUT2D eigenvalue weighted by molar-refractivity contribution is -0.157. The van der Waals surface area contributed by atoms with Crippen LogP contribution in [0.5, 0.6) is 0 Å². The van der Waals surface area contributed by atoms with Gasteiger partial charge >= 0.3 is 5.97 Å². The molecule has 1 fully saturated rings. The third-order valence-corrected chi connectivity index (χ3v) is 3.60. The number of nitrogens with one attached hydrogen (secondary N) is 1. The Bertz CT molecular complexity index is 438. The summed E-state index contributed by atoms with van der Waals surface area (Å²) >= 11 is 0. The van der Waals surface area contributed by atoms with E-state index in [1.54, 1.807) is 0 Å². The monoisotopic (exact) mass is 247 g/mol. The second-order valence-electron chi connectivity index (χ2n) is 4.88. The van der Waals surface area contributed by atoms with E-state index in [2.05, 4.69) is 5.32 Å². The molecule has 0 bridgehead atoms. The van der Waals surface area contributed by atoms with Crippen LogP contribution in [0.1, 0.15) is 31.2 Å². The Labute approximate surface area is 106 Å². The number of aliphatic carboxylic acids is 1. The highest BCUT2D eigenvalue weighted by Gasteiger charge is 2.45. The number of amides is 1. The first-order chi connectivity index (χ1) is 8.62. The first kappa shape index (κ1) is 12.6. The summed E-state index contributed by atoms with van der Waals surface area (Å²) in [5.41, 5.74) is 0.213. The molecule has 1 aromatic carbocycles. The van der Waals surface area contributed by atoms with Crippen LogP contribution in [0, 0.1) is 5.41 Å². The van der Waals surface area contributed by atoms with Crippen molar-refractivity contribution in [3.05, 3.63) is 35.9 Å². The molecule has 0 heterocycles. The van der Waals surface area contributed by atoms with Gasteiger partial charge in [-0.3, -0.25) is 9.59 Å². The summed E-state index contributed by atoms with van der Waals surface area (Å²) in [6, 6.07) is 9.59. The lowest BCUT2D eigenvalue weighted by Crippen LogP contribution is -2.42. The molecule has 1 saturated carbocycles. The van der Waals surface area contributed by atoms with Crippen molar-refractivity contribution in [2.24, 2.45) is 5.41 Å². The van der Waals surface area contributed by atoms with Crippen LogP contribution in [0.25, 0.3) is 0 Å². The molecule has 0 radical (unpaired) electrons. The van der Waals surface area contributed by atoms with Gasteiger partial charge in [0, 0.05) is 13.0 Å². The third-order valence-electron chi connectivity index (χ3n) is 3.60. The Hall–Kier alpha value is -1.84. The molecule has 0 spiro atoms. The number of carbonyl (C=O) groups excluding carboxylic acids is 1. The normalized spacial score (nSPS) is 16.7. The van der Waals surface area contributed by atoms with Gasteiger partial charge in [-0.1, -0.05) is 36.8 Å². The van der Waals surface area contributed by atoms with Crippen molar-refractivity contribution in [2.75, 3.05) is 0 Å². The van der Waals surface area contributed by atoms with Crippen LogP contribution in [-0.4, -0.2) is 17.0 Å². The highest BCUT2D eigenvalue weighted by Crippen LogP contribution is 2.44. The molecule has 1 aromatic rings. The highest BCUT2D eigenvalue weighted by molar-refractivity contribution is 5.85. The van der Waals surface area contributed by atoms with Crippen molar-refractivity contribution >= 4 is 11.9 Å². The summed E-state index contributed by atoms with van der Waals surface area (Å²) in [5.74, 6) is -1.02. The van der Waals surface area contributed by atoms with Crippen LogP contribution >= 0.6 is 0 Å². The number of hydrogen-bond acceptors (Lipinski definition) is 2. The predicted molar refractivity (Wildman–Crippen MR) is 66.8 cm³/mol. The number of rotatable bonds is 5. The van der Waals surface area contributed by atoms with E-state index >= 15 is 0 Å². The molecule has 1 aliphatic carbocycles. The molecular weight excluding hydrogens is 230 g/mol. The van der Waals surface area contributed by atoms with E-state index in [0.717, 1.165) is 12.0 Å². The van der Waals surface area contributed by atoms with Crippen molar-refractivity contribution in [1.82, 2.24) is 5.32 Å². The molecule has 2 N–H and O–H groups in total. The lowest BCUT2D eigenvalue weighted by Gasteiger charge is -2.36. The summed E-state index contributed by atoms with van der Waals surface area (Å²) in [4.78, 5) is 22.9. The van der Waals surface area contributed by atoms with Crippen molar-refractivity contribution in [2.45, 2.75) is 32.2 Å². The van der Waals surface area contributed by atoms with Crippen LogP contribution in [-0.2, 0) is 16.1 Å². The molecule has 0 saturated heterocycles. The van der Waals surface area contributed by atoms with Crippen LogP contribution in [0.4, 0.5) is 0 Å². The van der Waals surface area contributed by atoms with E-state index in [4.69, 9.17) is 5.11 Å². The van der Waals surface area contributed by atoms with Gasteiger partial charge < -0.3 is 10.4 Å². The van der Waals surface area contributed by atoms with Gasteiger partial charge in [0.05, 0.1) is 5.41 Å². The average Bonchev–Trinajstić information content (AvgIpc) is 2.32. The molecule has 0 aromatic heterocycles. The quantitative estimate of drug-likeness (QED) is 0.835. The summed E-state index contributed by atoms with van der Waals surface area (Å²) < 4.78 is 0. The number of carboxylic acid groups (broad SMARTS) is 1. The van der Waals surface area contributed by atoms with Gasteiger partial charge in [0.25, 0.3) is 0 Å². The van der Waals surface area contributed by atoms with Crippen LogP contribution < -0.4 is 5.32 Å². The first-order valence-electron chi connectivity index (χ1n) is 6.16. The Morgan fingerprint density at radius 3 is 2.39 bits per heavy atom. The van der Waals surface area contributed by atoms with Crippen LogP contribution in [0.15, 0.2) is 30.3 Å². The molecule has 96 valence electrons. The third kappa shape index (κ3) is 2.70. The smallest absolute Gasteiger partial charge is 0.310 e. The Balaban J connectivity index is 1.84.